The van der Waals surface area contributed by atoms with Crippen LogP contribution in [0.25, 0.3) is 6.08 Å². The van der Waals surface area contributed by atoms with Gasteiger partial charge in [-0.2, -0.15) is 0 Å². The minimum Gasteiger partial charge on any atom is -0.458 e. The third-order valence-electron chi connectivity index (χ3n) is 3.04. The zero-order valence-corrected chi connectivity index (χ0v) is 13.6. The number of carbonyl (C=O) groups excluding carboxylic acids is 1. The van der Waals surface area contributed by atoms with Crippen molar-refractivity contribution in [2.45, 2.75) is 5.75 Å². The predicted molar refractivity (Wildman–Crippen MR) is 90.7 cm³/mol. The maximum atomic E-state index is 11.9. The molecule has 0 saturated heterocycles. The molecule has 0 heterocycles. The average molecular weight is 330 g/mol. The van der Waals surface area contributed by atoms with Crippen molar-refractivity contribution in [1.82, 2.24) is 0 Å². The van der Waals surface area contributed by atoms with Gasteiger partial charge in [0.2, 0.25) is 0 Å². The van der Waals surface area contributed by atoms with E-state index in [2.05, 4.69) is 0 Å². The summed E-state index contributed by atoms with van der Waals surface area (Å²) in [4.78, 5) is 11.9. The molecular formula is C18H18O4S. The predicted octanol–water partition coefficient (Wildman–Crippen LogP) is 3.10. The largest absolute Gasteiger partial charge is 0.458 e. The number of esters is 1. The van der Waals surface area contributed by atoms with E-state index < -0.39 is 15.8 Å². The topological polar surface area (TPSA) is 60.4 Å². The molecule has 23 heavy (non-hydrogen) atoms. The smallest absolute Gasteiger partial charge is 0.338 e. The lowest BCUT2D eigenvalue weighted by atomic mass is 10.1. The lowest BCUT2D eigenvalue weighted by Gasteiger charge is -2.04. The van der Waals surface area contributed by atoms with E-state index in [0.29, 0.717) is 11.1 Å². The van der Waals surface area contributed by atoms with Crippen molar-refractivity contribution >= 4 is 21.9 Å². The van der Waals surface area contributed by atoms with Gasteiger partial charge in [0.05, 0.1) is 11.3 Å². The molecule has 0 saturated carbocycles. The first-order valence-corrected chi connectivity index (χ1v) is 9.15. The quantitative estimate of drug-likeness (QED) is 0.764. The summed E-state index contributed by atoms with van der Waals surface area (Å²) in [6.07, 6.45) is 4.82. The van der Waals surface area contributed by atoms with Crippen LogP contribution >= 0.6 is 0 Å². The maximum Gasteiger partial charge on any atom is 0.338 e. The number of hydrogen-bond donors (Lipinski definition) is 0. The highest BCUT2D eigenvalue weighted by Gasteiger charge is 2.08. The summed E-state index contributed by atoms with van der Waals surface area (Å²) in [6, 6.07) is 16.1. The van der Waals surface area contributed by atoms with Gasteiger partial charge in [0.25, 0.3) is 0 Å². The van der Waals surface area contributed by atoms with Gasteiger partial charge in [0, 0.05) is 6.26 Å². The molecule has 4 nitrogen and oxygen atoms in total. The van der Waals surface area contributed by atoms with Crippen molar-refractivity contribution < 1.29 is 17.9 Å². The number of sulfone groups is 1. The molecule has 0 bridgehead atoms. The van der Waals surface area contributed by atoms with E-state index >= 15 is 0 Å². The van der Waals surface area contributed by atoms with E-state index in [4.69, 9.17) is 4.74 Å². The van der Waals surface area contributed by atoms with Crippen molar-refractivity contribution in [2.24, 2.45) is 0 Å². The highest BCUT2D eigenvalue weighted by molar-refractivity contribution is 7.89. The van der Waals surface area contributed by atoms with E-state index in [-0.39, 0.29) is 12.4 Å². The molecular weight excluding hydrogens is 312 g/mol. The zero-order valence-electron chi connectivity index (χ0n) is 12.8. The third-order valence-corrected chi connectivity index (χ3v) is 3.90. The molecule has 0 spiro atoms. The Bertz CT molecular complexity index is 776. The minimum atomic E-state index is -3.08. The number of ether oxygens (including phenoxy) is 1. The van der Waals surface area contributed by atoms with Crippen LogP contribution in [0, 0.1) is 0 Å². The number of hydrogen-bond acceptors (Lipinski definition) is 4. The fourth-order valence-electron chi connectivity index (χ4n) is 2.00. The Kier molecular flexibility index (Phi) is 5.71. The molecule has 2 rings (SSSR count). The molecule has 5 heteroatoms. The summed E-state index contributed by atoms with van der Waals surface area (Å²) in [5, 5.41) is 0. The van der Waals surface area contributed by atoms with E-state index in [0.717, 1.165) is 5.56 Å². The molecule has 0 aliphatic heterocycles. The minimum absolute atomic E-state index is 0.0395. The normalized spacial score (nSPS) is 11.5. The van der Waals surface area contributed by atoms with Crippen molar-refractivity contribution in [2.75, 3.05) is 12.9 Å². The molecule has 2 aromatic carbocycles. The number of rotatable bonds is 6. The Balaban J connectivity index is 1.87. The van der Waals surface area contributed by atoms with E-state index in [9.17, 15) is 13.2 Å². The van der Waals surface area contributed by atoms with Gasteiger partial charge in [-0.15, -0.1) is 0 Å². The van der Waals surface area contributed by atoms with Crippen molar-refractivity contribution in [1.29, 1.82) is 0 Å². The van der Waals surface area contributed by atoms with E-state index in [1.54, 1.807) is 30.3 Å². The van der Waals surface area contributed by atoms with Crippen LogP contribution in [0.5, 0.6) is 0 Å². The Hall–Kier alpha value is -2.40. The van der Waals surface area contributed by atoms with Crippen LogP contribution < -0.4 is 0 Å². The van der Waals surface area contributed by atoms with Gasteiger partial charge in [0.15, 0.2) is 9.84 Å². The zero-order chi connectivity index (χ0) is 16.7. The summed E-state index contributed by atoms with van der Waals surface area (Å²) in [7, 11) is -3.08. The molecule has 0 N–H and O–H groups in total. The van der Waals surface area contributed by atoms with Gasteiger partial charge < -0.3 is 4.74 Å². The van der Waals surface area contributed by atoms with Crippen LogP contribution in [0.2, 0.25) is 0 Å². The summed E-state index contributed by atoms with van der Waals surface area (Å²) in [5.74, 6) is -0.476. The van der Waals surface area contributed by atoms with Crippen LogP contribution in [0.15, 0.2) is 60.7 Å². The lowest BCUT2D eigenvalue weighted by Crippen LogP contribution is -2.06. The van der Waals surface area contributed by atoms with Crippen molar-refractivity contribution in [3.8, 4) is 0 Å². The average Bonchev–Trinajstić information content (AvgIpc) is 2.51. The summed E-state index contributed by atoms with van der Waals surface area (Å²) >= 11 is 0. The molecule has 2 aromatic rings. The number of carbonyl (C=O) groups is 1. The Morgan fingerprint density at radius 2 is 1.70 bits per heavy atom. The van der Waals surface area contributed by atoms with Gasteiger partial charge >= 0.3 is 5.97 Å². The molecule has 0 aliphatic carbocycles. The van der Waals surface area contributed by atoms with Crippen LogP contribution in [0.4, 0.5) is 0 Å². The molecule has 0 aliphatic rings. The molecule has 0 unspecified atom stereocenters. The fraction of sp³-hybridized carbons (Fsp3) is 0.167. The van der Waals surface area contributed by atoms with Gasteiger partial charge in [-0.1, -0.05) is 48.5 Å². The second-order valence-electron chi connectivity index (χ2n) is 5.18. The van der Waals surface area contributed by atoms with Gasteiger partial charge in [-0.25, -0.2) is 13.2 Å². The summed E-state index contributed by atoms with van der Waals surface area (Å²) < 4.78 is 27.6. The Labute approximate surface area is 136 Å². The highest BCUT2D eigenvalue weighted by atomic mass is 32.2. The fourth-order valence-corrected chi connectivity index (χ4v) is 2.79. The maximum absolute atomic E-state index is 11.9. The first kappa shape index (κ1) is 17.0. The molecule has 120 valence electrons. The second-order valence-corrected chi connectivity index (χ2v) is 7.32. The molecule has 0 amide bonds. The monoisotopic (exact) mass is 330 g/mol. The van der Waals surface area contributed by atoms with Crippen LogP contribution in [0.3, 0.4) is 0 Å². The Morgan fingerprint density at radius 3 is 2.30 bits per heavy atom. The molecule has 0 radical (unpaired) electrons. The first-order valence-electron chi connectivity index (χ1n) is 7.09. The molecule has 0 atom stereocenters. The lowest BCUT2D eigenvalue weighted by molar-refractivity contribution is 0.0550. The molecule has 0 aromatic heterocycles. The number of benzene rings is 2. The van der Waals surface area contributed by atoms with E-state index in [1.807, 2.05) is 36.4 Å². The van der Waals surface area contributed by atoms with Gasteiger partial charge in [-0.05, 0) is 29.3 Å². The third kappa shape index (κ3) is 6.08. The van der Waals surface area contributed by atoms with Gasteiger partial charge in [0.1, 0.15) is 6.61 Å². The second kappa shape index (κ2) is 7.74. The molecule has 0 fully saturated rings. The van der Waals surface area contributed by atoms with Crippen molar-refractivity contribution in [3.05, 3.63) is 77.4 Å². The van der Waals surface area contributed by atoms with Crippen molar-refractivity contribution in [3.63, 3.8) is 0 Å². The van der Waals surface area contributed by atoms with Gasteiger partial charge in [-0.3, -0.25) is 0 Å². The van der Waals surface area contributed by atoms with Crippen LogP contribution in [0.1, 0.15) is 21.5 Å². The van der Waals surface area contributed by atoms with Crippen LogP contribution in [-0.2, 0) is 20.3 Å². The SMILES string of the molecule is CS(=O)(=O)Cc1ccc(C(=O)OC/C=C/c2ccccc2)cc1. The standard InChI is InChI=1S/C18H18O4S/c1-23(20,21)14-16-9-11-17(12-10-16)18(19)22-13-5-8-15-6-3-2-4-7-15/h2-12H,13-14H2,1H3/b8-5+. The Morgan fingerprint density at radius 1 is 1.04 bits per heavy atom. The highest BCUT2D eigenvalue weighted by Crippen LogP contribution is 2.09. The van der Waals surface area contributed by atoms with Crippen LogP contribution in [-0.4, -0.2) is 27.2 Å². The first-order chi connectivity index (χ1) is 10.9. The van der Waals surface area contributed by atoms with E-state index in [1.165, 1.54) is 6.26 Å². The summed E-state index contributed by atoms with van der Waals surface area (Å²) in [5.41, 5.74) is 2.08. The summed E-state index contributed by atoms with van der Waals surface area (Å²) in [6.45, 7) is 0.179.